The van der Waals surface area contributed by atoms with Crippen molar-refractivity contribution in [3.63, 3.8) is 0 Å². The lowest BCUT2D eigenvalue weighted by Crippen LogP contribution is -2.50. The number of fused-ring (bicyclic) bond motifs is 1. The number of hydrogen-bond acceptors (Lipinski definition) is 13. The molecule has 0 aliphatic heterocycles. The Balaban J connectivity index is 1.22. The second-order valence-electron chi connectivity index (χ2n) is 12.7. The fourth-order valence-corrected chi connectivity index (χ4v) is 5.07. The van der Waals surface area contributed by atoms with Crippen molar-refractivity contribution in [2.75, 3.05) is 30.4 Å². The molecule has 280 valence electrons. The van der Waals surface area contributed by atoms with Gasteiger partial charge in [-0.05, 0) is 80.5 Å². The topological polar surface area (TPSA) is 272 Å². The first-order valence-electron chi connectivity index (χ1n) is 17.0. The molecular weight excluding hydrogens is 682 g/mol. The molecular formula is C36H45N11O6. The Morgan fingerprint density at radius 2 is 1.47 bits per heavy atom. The summed E-state index contributed by atoms with van der Waals surface area (Å²) in [6, 6.07) is 10.7. The van der Waals surface area contributed by atoms with Gasteiger partial charge in [-0.25, -0.2) is 14.8 Å². The van der Waals surface area contributed by atoms with Crippen LogP contribution in [0.1, 0.15) is 65.6 Å². The summed E-state index contributed by atoms with van der Waals surface area (Å²) in [6.45, 7) is 5.40. The predicted molar refractivity (Wildman–Crippen MR) is 198 cm³/mol. The normalized spacial score (nSPS) is 12.7. The Labute approximate surface area is 306 Å². The molecule has 0 bridgehead atoms. The van der Waals surface area contributed by atoms with Crippen molar-refractivity contribution in [2.45, 2.75) is 64.6 Å². The maximum absolute atomic E-state index is 13.0. The van der Waals surface area contributed by atoms with Crippen LogP contribution in [0.3, 0.4) is 0 Å². The maximum atomic E-state index is 13.0. The van der Waals surface area contributed by atoms with Gasteiger partial charge in [0.1, 0.15) is 12.1 Å². The molecule has 4 rings (SSSR count). The lowest BCUT2D eigenvalue weighted by molar-refractivity contribution is -0.143. The monoisotopic (exact) mass is 727 g/mol. The van der Waals surface area contributed by atoms with Crippen molar-refractivity contribution in [3.05, 3.63) is 77.1 Å². The van der Waals surface area contributed by atoms with Gasteiger partial charge in [-0.2, -0.15) is 9.97 Å². The molecule has 2 aromatic carbocycles. The molecule has 2 aromatic heterocycles. The van der Waals surface area contributed by atoms with Gasteiger partial charge in [0, 0.05) is 23.4 Å². The number of carbonyl (C=O) groups is 5. The van der Waals surface area contributed by atoms with E-state index in [1.807, 2.05) is 26.0 Å². The molecule has 3 atom stereocenters. The van der Waals surface area contributed by atoms with Crippen LogP contribution in [0.4, 0.5) is 17.5 Å². The Morgan fingerprint density at radius 1 is 0.811 bits per heavy atom. The van der Waals surface area contributed by atoms with Gasteiger partial charge < -0.3 is 43.2 Å². The minimum atomic E-state index is -0.932. The van der Waals surface area contributed by atoms with E-state index in [1.54, 1.807) is 49.5 Å². The Bertz CT molecular complexity index is 1940. The third-order valence-corrected chi connectivity index (χ3v) is 8.32. The van der Waals surface area contributed by atoms with Gasteiger partial charge in [-0.15, -0.1) is 0 Å². The number of aromatic nitrogens is 4. The maximum Gasteiger partial charge on any atom is 0.328 e. The van der Waals surface area contributed by atoms with Crippen LogP contribution in [0, 0.1) is 5.92 Å². The fraction of sp³-hybridized carbons (Fsp3) is 0.361. The van der Waals surface area contributed by atoms with Crippen LogP contribution in [-0.2, 0) is 32.0 Å². The van der Waals surface area contributed by atoms with Gasteiger partial charge in [0.25, 0.3) is 11.8 Å². The first kappa shape index (κ1) is 39.6. The van der Waals surface area contributed by atoms with E-state index in [0.717, 1.165) is 5.56 Å². The summed E-state index contributed by atoms with van der Waals surface area (Å²) in [5, 5.41) is 10.8. The molecule has 0 saturated carbocycles. The standard InChI is InChI=1S/C36H45N11O6/c1-19(2)27(37)34(51)42-20(3)31(48)44-24-15-12-22(13-16-24)32(49)40-17-5-6-26(35(52)53-4)45-33(50)23-10-7-21(8-11-23)9-14-25-18-41-30-28(43-25)29(38)46-36(39)47-30/h7-8,10-13,15-16,18-20,26-27H,5-6,9,14,17,37H2,1-4H3,(H,40,49)(H,42,51)(H,44,48)(H,45,50)(H4,38,39,41,46,47)/t20-,26-,27-/m0/s1. The SMILES string of the molecule is COC(=O)[C@H](CCCNC(=O)c1ccc(NC(=O)[C@H](C)NC(=O)[C@@H](N)C(C)C)cc1)NC(=O)c1ccc(CCc2cnc3nc(N)nc(N)c3n2)cc1. The number of hydrogen-bond donors (Lipinski definition) is 7. The summed E-state index contributed by atoms with van der Waals surface area (Å²) < 4.78 is 4.89. The average molecular weight is 728 g/mol. The summed E-state index contributed by atoms with van der Waals surface area (Å²) in [5.74, 6) is -2.17. The van der Waals surface area contributed by atoms with Gasteiger partial charge in [0.05, 0.1) is 25.0 Å². The second-order valence-corrected chi connectivity index (χ2v) is 12.7. The quantitative estimate of drug-likeness (QED) is 0.0634. The second kappa shape index (κ2) is 18.3. The zero-order valence-corrected chi connectivity index (χ0v) is 30.0. The number of rotatable bonds is 16. The van der Waals surface area contributed by atoms with Gasteiger partial charge in [0.2, 0.25) is 17.8 Å². The number of aryl methyl sites for hydroxylation is 2. The molecule has 0 saturated heterocycles. The number of nitrogen functional groups attached to an aromatic ring is 2. The Hall–Kier alpha value is -6.23. The predicted octanol–water partition coefficient (Wildman–Crippen LogP) is 1.28. The average Bonchev–Trinajstić information content (AvgIpc) is 3.14. The molecule has 0 radical (unpaired) electrons. The third-order valence-electron chi connectivity index (χ3n) is 8.32. The molecule has 10 N–H and O–H groups in total. The van der Waals surface area contributed by atoms with Crippen molar-refractivity contribution in [2.24, 2.45) is 11.7 Å². The molecule has 4 amide bonds. The molecule has 17 heteroatoms. The van der Waals surface area contributed by atoms with Crippen LogP contribution < -0.4 is 38.5 Å². The smallest absolute Gasteiger partial charge is 0.328 e. The molecule has 0 unspecified atom stereocenters. The van der Waals surface area contributed by atoms with E-state index in [1.165, 1.54) is 7.11 Å². The number of amides is 4. The summed E-state index contributed by atoms with van der Waals surface area (Å²) in [6.07, 6.45) is 3.36. The van der Waals surface area contributed by atoms with Crippen molar-refractivity contribution < 1.29 is 28.7 Å². The molecule has 0 aliphatic carbocycles. The van der Waals surface area contributed by atoms with E-state index in [2.05, 4.69) is 41.2 Å². The van der Waals surface area contributed by atoms with E-state index in [9.17, 15) is 24.0 Å². The lowest BCUT2D eigenvalue weighted by atomic mass is 10.0. The molecule has 2 heterocycles. The number of nitrogens with one attached hydrogen (secondary N) is 4. The van der Waals surface area contributed by atoms with E-state index in [-0.39, 0.29) is 36.6 Å². The number of carbonyl (C=O) groups excluding carboxylic acids is 5. The summed E-state index contributed by atoms with van der Waals surface area (Å²) in [5.41, 5.74) is 20.9. The van der Waals surface area contributed by atoms with E-state index >= 15 is 0 Å². The van der Waals surface area contributed by atoms with E-state index < -0.39 is 41.8 Å². The van der Waals surface area contributed by atoms with Crippen molar-refractivity contribution in [1.82, 2.24) is 35.9 Å². The molecule has 0 aliphatic rings. The van der Waals surface area contributed by atoms with Crippen molar-refractivity contribution in [1.29, 1.82) is 0 Å². The zero-order chi connectivity index (χ0) is 38.7. The summed E-state index contributed by atoms with van der Waals surface area (Å²) in [4.78, 5) is 79.6. The van der Waals surface area contributed by atoms with Gasteiger partial charge in [-0.3, -0.25) is 19.2 Å². The van der Waals surface area contributed by atoms with Gasteiger partial charge in [-0.1, -0.05) is 26.0 Å². The number of nitrogens with two attached hydrogens (primary N) is 3. The van der Waals surface area contributed by atoms with Gasteiger partial charge >= 0.3 is 5.97 Å². The number of benzene rings is 2. The van der Waals surface area contributed by atoms with Gasteiger partial charge in [0.15, 0.2) is 17.0 Å². The lowest BCUT2D eigenvalue weighted by Gasteiger charge is -2.19. The minimum Gasteiger partial charge on any atom is -0.467 e. The number of anilines is 3. The molecule has 0 spiro atoms. The first-order chi connectivity index (χ1) is 25.2. The first-order valence-corrected chi connectivity index (χ1v) is 17.0. The number of ether oxygens (including phenoxy) is 1. The summed E-state index contributed by atoms with van der Waals surface area (Å²) in [7, 11) is 1.24. The number of nitrogens with zero attached hydrogens (tertiary/aromatic N) is 4. The Morgan fingerprint density at radius 3 is 2.13 bits per heavy atom. The van der Waals surface area contributed by atoms with Crippen LogP contribution in [-0.4, -0.2) is 81.3 Å². The largest absolute Gasteiger partial charge is 0.467 e. The highest BCUT2D eigenvalue weighted by Crippen LogP contribution is 2.16. The highest BCUT2D eigenvalue weighted by Gasteiger charge is 2.23. The van der Waals surface area contributed by atoms with Crippen molar-refractivity contribution >= 4 is 58.2 Å². The molecule has 4 aromatic rings. The van der Waals surface area contributed by atoms with E-state index in [4.69, 9.17) is 21.9 Å². The van der Waals surface area contributed by atoms with Crippen LogP contribution in [0.15, 0.2) is 54.7 Å². The van der Waals surface area contributed by atoms with E-state index in [0.29, 0.717) is 52.9 Å². The fourth-order valence-electron chi connectivity index (χ4n) is 5.07. The Kier molecular flexibility index (Phi) is 13.7. The zero-order valence-electron chi connectivity index (χ0n) is 30.0. The highest BCUT2D eigenvalue weighted by molar-refractivity contribution is 5.99. The summed E-state index contributed by atoms with van der Waals surface area (Å²) >= 11 is 0. The minimum absolute atomic E-state index is 0.0256. The van der Waals surface area contributed by atoms with Crippen LogP contribution in [0.5, 0.6) is 0 Å². The highest BCUT2D eigenvalue weighted by atomic mass is 16.5. The van der Waals surface area contributed by atoms with Crippen LogP contribution >= 0.6 is 0 Å². The number of esters is 1. The third kappa shape index (κ3) is 11.1. The van der Waals surface area contributed by atoms with Crippen LogP contribution in [0.2, 0.25) is 0 Å². The molecule has 0 fully saturated rings. The number of methoxy groups -OCH3 is 1. The molecule has 53 heavy (non-hydrogen) atoms. The van der Waals surface area contributed by atoms with Crippen molar-refractivity contribution in [3.8, 4) is 0 Å². The molecule has 17 nitrogen and oxygen atoms in total. The van der Waals surface area contributed by atoms with Crippen LogP contribution in [0.25, 0.3) is 11.2 Å².